The molecule has 2 fully saturated rings. The molecule has 0 aromatic heterocycles. The Labute approximate surface area is 79.7 Å². The molecule has 1 heterocycles. The normalized spacial score (nSPS) is 28.6. The van der Waals surface area contributed by atoms with Crippen LogP contribution in [0.25, 0.3) is 0 Å². The van der Waals surface area contributed by atoms with Gasteiger partial charge in [0.15, 0.2) is 0 Å². The van der Waals surface area contributed by atoms with Gasteiger partial charge in [0.05, 0.1) is 13.2 Å². The van der Waals surface area contributed by atoms with Crippen LogP contribution in [0, 0.1) is 5.92 Å². The highest BCUT2D eigenvalue weighted by Crippen LogP contribution is 2.28. The molecule has 2 rings (SSSR count). The summed E-state index contributed by atoms with van der Waals surface area (Å²) in [7, 11) is 0. The molecule has 1 N–H and O–H groups in total. The second kappa shape index (κ2) is 4.40. The predicted octanol–water partition coefficient (Wildman–Crippen LogP) is 0.480. The molecular formula is C10H19NO2. The summed E-state index contributed by atoms with van der Waals surface area (Å²) < 4.78 is 5.35. The van der Waals surface area contributed by atoms with Crippen molar-refractivity contribution in [3.8, 4) is 0 Å². The van der Waals surface area contributed by atoms with Crippen LogP contribution < -0.4 is 0 Å². The summed E-state index contributed by atoms with van der Waals surface area (Å²) >= 11 is 0. The molecule has 2 aliphatic rings. The zero-order valence-electron chi connectivity index (χ0n) is 8.11. The van der Waals surface area contributed by atoms with Gasteiger partial charge in [0, 0.05) is 25.7 Å². The van der Waals surface area contributed by atoms with Gasteiger partial charge in [0.2, 0.25) is 0 Å². The molecule has 76 valence electrons. The van der Waals surface area contributed by atoms with Crippen LogP contribution in [-0.2, 0) is 4.74 Å². The third kappa shape index (κ3) is 2.66. The third-order valence-corrected chi connectivity index (χ3v) is 2.97. The monoisotopic (exact) mass is 185 g/mol. The molecule has 0 spiro atoms. The molecule has 1 aliphatic carbocycles. The van der Waals surface area contributed by atoms with Gasteiger partial charge in [-0.05, 0) is 25.2 Å². The standard InChI is InChI=1S/C10H19NO2/c12-5-4-11(10-1-2-10)7-9-3-6-13-8-9/h9-10,12H,1-8H2. The number of hydrogen-bond donors (Lipinski definition) is 1. The Kier molecular flexibility index (Phi) is 3.19. The molecule has 1 saturated heterocycles. The maximum absolute atomic E-state index is 8.91. The molecule has 1 unspecified atom stereocenters. The van der Waals surface area contributed by atoms with Crippen LogP contribution >= 0.6 is 0 Å². The number of rotatable bonds is 5. The number of nitrogens with zero attached hydrogens (tertiary/aromatic N) is 1. The van der Waals surface area contributed by atoms with Crippen LogP contribution in [0.4, 0.5) is 0 Å². The molecule has 0 bridgehead atoms. The predicted molar refractivity (Wildman–Crippen MR) is 50.6 cm³/mol. The first kappa shape index (κ1) is 9.44. The maximum Gasteiger partial charge on any atom is 0.0558 e. The van der Waals surface area contributed by atoms with Crippen molar-refractivity contribution in [2.75, 3.05) is 32.9 Å². The molecule has 13 heavy (non-hydrogen) atoms. The van der Waals surface area contributed by atoms with Crippen molar-refractivity contribution in [1.82, 2.24) is 4.90 Å². The molecule has 0 aromatic rings. The van der Waals surface area contributed by atoms with Gasteiger partial charge in [-0.2, -0.15) is 0 Å². The van der Waals surface area contributed by atoms with Crippen molar-refractivity contribution in [3.05, 3.63) is 0 Å². The fourth-order valence-corrected chi connectivity index (χ4v) is 2.05. The highest BCUT2D eigenvalue weighted by molar-refractivity contribution is 4.86. The molecule has 0 radical (unpaired) electrons. The van der Waals surface area contributed by atoms with E-state index in [1.165, 1.54) is 19.3 Å². The summed E-state index contributed by atoms with van der Waals surface area (Å²) in [5.74, 6) is 0.715. The molecule has 1 aliphatic heterocycles. The Morgan fingerprint density at radius 3 is 2.69 bits per heavy atom. The Balaban J connectivity index is 1.74. The van der Waals surface area contributed by atoms with Gasteiger partial charge in [-0.25, -0.2) is 0 Å². The van der Waals surface area contributed by atoms with Gasteiger partial charge in [-0.3, -0.25) is 4.90 Å². The number of aliphatic hydroxyl groups is 1. The summed E-state index contributed by atoms with van der Waals surface area (Å²) in [5.41, 5.74) is 0. The van der Waals surface area contributed by atoms with E-state index >= 15 is 0 Å². The van der Waals surface area contributed by atoms with E-state index in [2.05, 4.69) is 4.90 Å². The van der Waals surface area contributed by atoms with Crippen LogP contribution in [0.15, 0.2) is 0 Å². The van der Waals surface area contributed by atoms with Crippen molar-refractivity contribution < 1.29 is 9.84 Å². The van der Waals surface area contributed by atoms with E-state index in [0.717, 1.165) is 32.3 Å². The average Bonchev–Trinajstić information content (AvgIpc) is 2.85. The zero-order chi connectivity index (χ0) is 9.10. The summed E-state index contributed by atoms with van der Waals surface area (Å²) in [6.45, 7) is 4.13. The first-order valence-corrected chi connectivity index (χ1v) is 5.33. The van der Waals surface area contributed by atoms with E-state index < -0.39 is 0 Å². The lowest BCUT2D eigenvalue weighted by atomic mass is 10.1. The van der Waals surface area contributed by atoms with Gasteiger partial charge >= 0.3 is 0 Å². The summed E-state index contributed by atoms with van der Waals surface area (Å²) in [4.78, 5) is 2.43. The van der Waals surface area contributed by atoms with Crippen molar-refractivity contribution in [2.45, 2.75) is 25.3 Å². The van der Waals surface area contributed by atoms with E-state index in [0.29, 0.717) is 12.5 Å². The summed E-state index contributed by atoms with van der Waals surface area (Å²) in [6.07, 6.45) is 3.86. The van der Waals surface area contributed by atoms with Crippen molar-refractivity contribution in [3.63, 3.8) is 0 Å². The minimum absolute atomic E-state index is 0.296. The molecule has 1 saturated carbocycles. The van der Waals surface area contributed by atoms with Crippen LogP contribution in [0.1, 0.15) is 19.3 Å². The minimum atomic E-state index is 0.296. The lowest BCUT2D eigenvalue weighted by Crippen LogP contribution is -2.34. The SMILES string of the molecule is OCCN(CC1CCOC1)C1CC1. The van der Waals surface area contributed by atoms with Gasteiger partial charge < -0.3 is 9.84 Å². The van der Waals surface area contributed by atoms with E-state index in [1.54, 1.807) is 0 Å². The van der Waals surface area contributed by atoms with Crippen molar-refractivity contribution in [1.29, 1.82) is 0 Å². The van der Waals surface area contributed by atoms with Gasteiger partial charge in [-0.1, -0.05) is 0 Å². The maximum atomic E-state index is 8.91. The summed E-state index contributed by atoms with van der Waals surface area (Å²) in [6, 6.07) is 0.771. The van der Waals surface area contributed by atoms with Crippen LogP contribution in [0.5, 0.6) is 0 Å². The highest BCUT2D eigenvalue weighted by Gasteiger charge is 2.30. The molecule has 1 atom stereocenters. The Bertz CT molecular complexity index is 153. The molecular weight excluding hydrogens is 166 g/mol. The van der Waals surface area contributed by atoms with E-state index in [1.807, 2.05) is 0 Å². The van der Waals surface area contributed by atoms with Gasteiger partial charge in [0.1, 0.15) is 0 Å². The van der Waals surface area contributed by atoms with Crippen molar-refractivity contribution in [2.24, 2.45) is 5.92 Å². The second-order valence-corrected chi connectivity index (χ2v) is 4.18. The molecule has 0 amide bonds. The van der Waals surface area contributed by atoms with Crippen LogP contribution in [-0.4, -0.2) is 49.0 Å². The van der Waals surface area contributed by atoms with Crippen LogP contribution in [0.3, 0.4) is 0 Å². The van der Waals surface area contributed by atoms with E-state index in [4.69, 9.17) is 9.84 Å². The van der Waals surface area contributed by atoms with Crippen LogP contribution in [0.2, 0.25) is 0 Å². The number of aliphatic hydroxyl groups excluding tert-OH is 1. The van der Waals surface area contributed by atoms with Gasteiger partial charge in [-0.15, -0.1) is 0 Å². The molecule has 3 nitrogen and oxygen atoms in total. The van der Waals surface area contributed by atoms with Gasteiger partial charge in [0.25, 0.3) is 0 Å². The first-order chi connectivity index (χ1) is 6.40. The quantitative estimate of drug-likeness (QED) is 0.676. The third-order valence-electron chi connectivity index (χ3n) is 2.97. The average molecular weight is 185 g/mol. The first-order valence-electron chi connectivity index (χ1n) is 5.33. The Morgan fingerprint density at radius 1 is 1.31 bits per heavy atom. The minimum Gasteiger partial charge on any atom is -0.395 e. The Hall–Kier alpha value is -0.120. The fraction of sp³-hybridized carbons (Fsp3) is 1.00. The summed E-state index contributed by atoms with van der Waals surface area (Å²) in [5, 5.41) is 8.91. The lowest BCUT2D eigenvalue weighted by Gasteiger charge is -2.23. The lowest BCUT2D eigenvalue weighted by molar-refractivity contribution is 0.146. The molecule has 0 aromatic carbocycles. The highest BCUT2D eigenvalue weighted by atomic mass is 16.5. The number of ether oxygens (including phenoxy) is 1. The van der Waals surface area contributed by atoms with E-state index in [-0.39, 0.29) is 0 Å². The Morgan fingerprint density at radius 2 is 2.15 bits per heavy atom. The topological polar surface area (TPSA) is 32.7 Å². The largest absolute Gasteiger partial charge is 0.395 e. The zero-order valence-corrected chi connectivity index (χ0v) is 8.11. The van der Waals surface area contributed by atoms with E-state index in [9.17, 15) is 0 Å². The molecule has 3 heteroatoms. The number of hydrogen-bond acceptors (Lipinski definition) is 3. The smallest absolute Gasteiger partial charge is 0.0558 e. The van der Waals surface area contributed by atoms with Crippen molar-refractivity contribution >= 4 is 0 Å². The fourth-order valence-electron chi connectivity index (χ4n) is 2.05. The second-order valence-electron chi connectivity index (χ2n) is 4.18.